The van der Waals surface area contributed by atoms with E-state index in [1.54, 1.807) is 17.8 Å². The first-order valence-electron chi connectivity index (χ1n) is 4.81. The SMILES string of the molecule is CCCNCc1cc(F)ccc1SC. The van der Waals surface area contributed by atoms with Crippen molar-refractivity contribution >= 4 is 11.8 Å². The van der Waals surface area contributed by atoms with Crippen LogP contribution in [0.1, 0.15) is 18.9 Å². The first kappa shape index (κ1) is 11.5. The Kier molecular flexibility index (Phi) is 4.98. The molecule has 0 radical (unpaired) electrons. The van der Waals surface area contributed by atoms with Crippen LogP contribution in [0.25, 0.3) is 0 Å². The molecule has 1 nitrogen and oxygen atoms in total. The molecule has 14 heavy (non-hydrogen) atoms. The number of nitrogens with one attached hydrogen (secondary N) is 1. The summed E-state index contributed by atoms with van der Waals surface area (Å²) in [5.74, 6) is -0.156. The number of halogens is 1. The maximum Gasteiger partial charge on any atom is 0.123 e. The highest BCUT2D eigenvalue weighted by Gasteiger charge is 2.02. The van der Waals surface area contributed by atoms with Crippen molar-refractivity contribution in [1.29, 1.82) is 0 Å². The lowest BCUT2D eigenvalue weighted by Crippen LogP contribution is -2.14. The van der Waals surface area contributed by atoms with Crippen LogP contribution in [-0.4, -0.2) is 12.8 Å². The monoisotopic (exact) mass is 213 g/mol. The van der Waals surface area contributed by atoms with E-state index in [0.717, 1.165) is 30.0 Å². The topological polar surface area (TPSA) is 12.0 Å². The molecule has 0 bridgehead atoms. The number of hydrogen-bond acceptors (Lipinski definition) is 2. The lowest BCUT2D eigenvalue weighted by molar-refractivity contribution is 0.615. The van der Waals surface area contributed by atoms with Gasteiger partial charge >= 0.3 is 0 Å². The summed E-state index contributed by atoms with van der Waals surface area (Å²) in [5, 5.41) is 3.27. The second kappa shape index (κ2) is 6.04. The van der Waals surface area contributed by atoms with Crippen molar-refractivity contribution in [2.24, 2.45) is 0 Å². The van der Waals surface area contributed by atoms with Gasteiger partial charge in [-0.15, -0.1) is 11.8 Å². The van der Waals surface area contributed by atoms with Crippen LogP contribution in [0, 0.1) is 5.82 Å². The maximum absolute atomic E-state index is 13.0. The molecule has 0 aliphatic rings. The fraction of sp³-hybridized carbons (Fsp3) is 0.455. The molecule has 0 heterocycles. The molecule has 0 fully saturated rings. The Hall–Kier alpha value is -0.540. The molecule has 1 aromatic carbocycles. The van der Waals surface area contributed by atoms with Crippen LogP contribution in [0.15, 0.2) is 23.1 Å². The normalized spacial score (nSPS) is 10.5. The minimum Gasteiger partial charge on any atom is -0.313 e. The molecule has 1 aromatic rings. The Morgan fingerprint density at radius 2 is 2.21 bits per heavy atom. The van der Waals surface area contributed by atoms with E-state index in [9.17, 15) is 4.39 Å². The van der Waals surface area contributed by atoms with Crippen LogP contribution >= 0.6 is 11.8 Å². The molecular formula is C11H16FNS. The van der Waals surface area contributed by atoms with Crippen LogP contribution in [-0.2, 0) is 6.54 Å². The van der Waals surface area contributed by atoms with Crippen molar-refractivity contribution in [3.63, 3.8) is 0 Å². The van der Waals surface area contributed by atoms with E-state index in [2.05, 4.69) is 12.2 Å². The van der Waals surface area contributed by atoms with Crippen LogP contribution in [0.2, 0.25) is 0 Å². The standard InChI is InChI=1S/C11H16FNS/c1-3-6-13-8-9-7-10(12)4-5-11(9)14-2/h4-5,7,13H,3,6,8H2,1-2H3. The van der Waals surface area contributed by atoms with Crippen molar-refractivity contribution in [1.82, 2.24) is 5.32 Å². The summed E-state index contributed by atoms with van der Waals surface area (Å²) in [5.41, 5.74) is 1.05. The number of hydrogen-bond donors (Lipinski definition) is 1. The quantitative estimate of drug-likeness (QED) is 0.596. The smallest absolute Gasteiger partial charge is 0.123 e. The second-order valence-electron chi connectivity index (χ2n) is 3.13. The molecule has 0 saturated carbocycles. The van der Waals surface area contributed by atoms with Crippen molar-refractivity contribution in [2.45, 2.75) is 24.8 Å². The summed E-state index contributed by atoms with van der Waals surface area (Å²) >= 11 is 1.66. The van der Waals surface area contributed by atoms with Crippen LogP contribution in [0.5, 0.6) is 0 Å². The van der Waals surface area contributed by atoms with Crippen LogP contribution in [0.3, 0.4) is 0 Å². The first-order valence-corrected chi connectivity index (χ1v) is 6.03. The zero-order valence-electron chi connectivity index (χ0n) is 8.64. The molecule has 1 rings (SSSR count). The zero-order chi connectivity index (χ0) is 10.4. The van der Waals surface area contributed by atoms with Crippen molar-refractivity contribution in [3.05, 3.63) is 29.6 Å². The lowest BCUT2D eigenvalue weighted by atomic mass is 10.2. The molecule has 0 aromatic heterocycles. The molecule has 0 unspecified atom stereocenters. The Labute approximate surface area is 89.1 Å². The van der Waals surface area contributed by atoms with Crippen LogP contribution < -0.4 is 5.32 Å². The van der Waals surface area contributed by atoms with E-state index in [1.165, 1.54) is 6.07 Å². The molecule has 0 saturated heterocycles. The van der Waals surface area contributed by atoms with Gasteiger partial charge in [0.2, 0.25) is 0 Å². The van der Waals surface area contributed by atoms with E-state index in [4.69, 9.17) is 0 Å². The van der Waals surface area contributed by atoms with Gasteiger partial charge in [0.1, 0.15) is 5.82 Å². The lowest BCUT2D eigenvalue weighted by Gasteiger charge is -2.08. The number of rotatable bonds is 5. The average molecular weight is 213 g/mol. The molecule has 0 atom stereocenters. The van der Waals surface area contributed by atoms with Gasteiger partial charge < -0.3 is 5.32 Å². The Morgan fingerprint density at radius 1 is 1.43 bits per heavy atom. The van der Waals surface area contributed by atoms with Gasteiger partial charge in [0, 0.05) is 11.4 Å². The Balaban J connectivity index is 2.67. The van der Waals surface area contributed by atoms with Gasteiger partial charge in [-0.2, -0.15) is 0 Å². The molecule has 0 amide bonds. The molecule has 0 spiro atoms. The van der Waals surface area contributed by atoms with Gasteiger partial charge in [0.05, 0.1) is 0 Å². The van der Waals surface area contributed by atoms with Crippen molar-refractivity contribution in [3.8, 4) is 0 Å². The second-order valence-corrected chi connectivity index (χ2v) is 3.98. The predicted molar refractivity (Wildman–Crippen MR) is 60.2 cm³/mol. The van der Waals surface area contributed by atoms with Gasteiger partial charge in [0.25, 0.3) is 0 Å². The Bertz CT molecular complexity index is 289. The summed E-state index contributed by atoms with van der Waals surface area (Å²) in [6, 6.07) is 4.95. The molecule has 0 aliphatic heterocycles. The summed E-state index contributed by atoms with van der Waals surface area (Å²) in [6.07, 6.45) is 3.11. The predicted octanol–water partition coefficient (Wildman–Crippen LogP) is 3.05. The van der Waals surface area contributed by atoms with E-state index in [-0.39, 0.29) is 5.82 Å². The van der Waals surface area contributed by atoms with Gasteiger partial charge in [-0.1, -0.05) is 6.92 Å². The summed E-state index contributed by atoms with van der Waals surface area (Å²) < 4.78 is 13.0. The van der Waals surface area contributed by atoms with Gasteiger partial charge in [-0.3, -0.25) is 0 Å². The van der Waals surface area contributed by atoms with Crippen LogP contribution in [0.4, 0.5) is 4.39 Å². The van der Waals surface area contributed by atoms with Gasteiger partial charge in [-0.25, -0.2) is 4.39 Å². The number of benzene rings is 1. The van der Waals surface area contributed by atoms with Gasteiger partial charge in [-0.05, 0) is 43.0 Å². The van der Waals surface area contributed by atoms with E-state index in [0.29, 0.717) is 0 Å². The minimum atomic E-state index is -0.156. The molecule has 1 N–H and O–H groups in total. The summed E-state index contributed by atoms with van der Waals surface area (Å²) in [7, 11) is 0. The summed E-state index contributed by atoms with van der Waals surface area (Å²) in [6.45, 7) is 3.85. The third kappa shape index (κ3) is 3.31. The number of thioether (sulfide) groups is 1. The molecule has 78 valence electrons. The third-order valence-corrected chi connectivity index (χ3v) is 2.82. The van der Waals surface area contributed by atoms with Crippen molar-refractivity contribution < 1.29 is 4.39 Å². The molecular weight excluding hydrogens is 197 g/mol. The highest BCUT2D eigenvalue weighted by Crippen LogP contribution is 2.20. The highest BCUT2D eigenvalue weighted by atomic mass is 32.2. The Morgan fingerprint density at radius 3 is 2.86 bits per heavy atom. The minimum absolute atomic E-state index is 0.156. The van der Waals surface area contributed by atoms with E-state index >= 15 is 0 Å². The largest absolute Gasteiger partial charge is 0.313 e. The molecule has 0 aliphatic carbocycles. The highest BCUT2D eigenvalue weighted by molar-refractivity contribution is 7.98. The maximum atomic E-state index is 13.0. The fourth-order valence-electron chi connectivity index (χ4n) is 1.29. The third-order valence-electron chi connectivity index (χ3n) is 1.98. The molecule has 3 heteroatoms. The van der Waals surface area contributed by atoms with Gasteiger partial charge in [0.15, 0.2) is 0 Å². The average Bonchev–Trinajstić information content (AvgIpc) is 2.19. The van der Waals surface area contributed by atoms with E-state index < -0.39 is 0 Å². The van der Waals surface area contributed by atoms with E-state index in [1.807, 2.05) is 12.3 Å². The summed E-state index contributed by atoms with van der Waals surface area (Å²) in [4.78, 5) is 1.15. The van der Waals surface area contributed by atoms with Crippen molar-refractivity contribution in [2.75, 3.05) is 12.8 Å². The fourth-order valence-corrected chi connectivity index (χ4v) is 1.88. The first-order chi connectivity index (χ1) is 6.77. The zero-order valence-corrected chi connectivity index (χ0v) is 9.46.